The van der Waals surface area contributed by atoms with Gasteiger partial charge in [-0.2, -0.15) is 0 Å². The summed E-state index contributed by atoms with van der Waals surface area (Å²) in [4.78, 5) is 14.2. The zero-order chi connectivity index (χ0) is 14.5. The van der Waals surface area contributed by atoms with Gasteiger partial charge in [-0.05, 0) is 45.9 Å². The van der Waals surface area contributed by atoms with E-state index in [0.29, 0.717) is 0 Å². The summed E-state index contributed by atoms with van der Waals surface area (Å²) in [5.74, 6) is 0.124. The van der Waals surface area contributed by atoms with Crippen molar-refractivity contribution in [1.82, 2.24) is 15.5 Å². The van der Waals surface area contributed by atoms with Crippen LogP contribution in [-0.2, 0) is 4.79 Å². The number of rotatable bonds is 12. The maximum Gasteiger partial charge on any atom is 0.236 e. The van der Waals surface area contributed by atoms with Crippen molar-refractivity contribution < 1.29 is 4.79 Å². The lowest BCUT2D eigenvalue weighted by Crippen LogP contribution is -2.43. The molecule has 0 heterocycles. The SMILES string of the molecule is CCCCCNC(=O)C(C)NCCCN(CC)CC. The summed E-state index contributed by atoms with van der Waals surface area (Å²) in [5.41, 5.74) is 0. The summed E-state index contributed by atoms with van der Waals surface area (Å²) in [7, 11) is 0. The molecular weight excluding hydrogens is 238 g/mol. The van der Waals surface area contributed by atoms with Crippen LogP contribution in [0.3, 0.4) is 0 Å². The average Bonchev–Trinajstić information content (AvgIpc) is 2.43. The zero-order valence-electron chi connectivity index (χ0n) is 13.3. The standard InChI is InChI=1S/C15H33N3O/c1-5-8-9-11-17-15(19)14(4)16-12-10-13-18(6-2)7-3/h14,16H,5-13H2,1-4H3,(H,17,19). The van der Waals surface area contributed by atoms with Gasteiger partial charge in [0.25, 0.3) is 0 Å². The number of carbonyl (C=O) groups excluding carboxylic acids is 1. The molecule has 0 bridgehead atoms. The van der Waals surface area contributed by atoms with Crippen LogP contribution in [0.2, 0.25) is 0 Å². The summed E-state index contributed by atoms with van der Waals surface area (Å²) >= 11 is 0. The molecule has 0 aliphatic heterocycles. The summed E-state index contributed by atoms with van der Waals surface area (Å²) in [6, 6.07) is -0.0849. The fraction of sp³-hybridized carbons (Fsp3) is 0.933. The Morgan fingerprint density at radius 1 is 1.05 bits per heavy atom. The van der Waals surface area contributed by atoms with Crippen LogP contribution >= 0.6 is 0 Å². The Bertz CT molecular complexity index is 217. The van der Waals surface area contributed by atoms with Crippen LogP contribution in [-0.4, -0.2) is 49.6 Å². The highest BCUT2D eigenvalue weighted by Gasteiger charge is 2.10. The molecule has 1 unspecified atom stereocenters. The molecule has 0 rings (SSSR count). The Kier molecular flexibility index (Phi) is 12.0. The van der Waals surface area contributed by atoms with E-state index in [1.807, 2.05) is 6.92 Å². The van der Waals surface area contributed by atoms with Crippen molar-refractivity contribution in [3.8, 4) is 0 Å². The molecule has 0 spiro atoms. The Labute approximate surface area is 119 Å². The fourth-order valence-electron chi connectivity index (χ4n) is 1.99. The smallest absolute Gasteiger partial charge is 0.236 e. The third-order valence-electron chi connectivity index (χ3n) is 3.47. The molecule has 0 fully saturated rings. The molecule has 4 nitrogen and oxygen atoms in total. The van der Waals surface area contributed by atoms with Crippen molar-refractivity contribution in [3.05, 3.63) is 0 Å². The number of hydrogen-bond donors (Lipinski definition) is 2. The van der Waals surface area contributed by atoms with Crippen molar-refractivity contribution in [2.45, 2.75) is 59.4 Å². The number of nitrogens with one attached hydrogen (secondary N) is 2. The Morgan fingerprint density at radius 3 is 2.32 bits per heavy atom. The van der Waals surface area contributed by atoms with Gasteiger partial charge in [-0.3, -0.25) is 4.79 Å². The van der Waals surface area contributed by atoms with E-state index >= 15 is 0 Å². The Hall–Kier alpha value is -0.610. The van der Waals surface area contributed by atoms with Gasteiger partial charge in [0.2, 0.25) is 5.91 Å². The number of unbranched alkanes of at least 4 members (excludes halogenated alkanes) is 2. The Morgan fingerprint density at radius 2 is 1.74 bits per heavy atom. The normalized spacial score (nSPS) is 12.7. The first-order valence-corrected chi connectivity index (χ1v) is 7.89. The molecular formula is C15H33N3O. The number of nitrogens with zero attached hydrogens (tertiary/aromatic N) is 1. The van der Waals surface area contributed by atoms with Gasteiger partial charge in [-0.15, -0.1) is 0 Å². The van der Waals surface area contributed by atoms with E-state index in [1.165, 1.54) is 12.8 Å². The quantitative estimate of drug-likeness (QED) is 0.534. The van der Waals surface area contributed by atoms with Gasteiger partial charge in [0.05, 0.1) is 6.04 Å². The van der Waals surface area contributed by atoms with Gasteiger partial charge in [0.15, 0.2) is 0 Å². The van der Waals surface area contributed by atoms with Gasteiger partial charge in [-0.1, -0.05) is 33.6 Å². The molecule has 0 saturated carbocycles. The predicted octanol–water partition coefficient (Wildman–Crippen LogP) is 2.00. The second-order valence-corrected chi connectivity index (χ2v) is 5.05. The summed E-state index contributed by atoms with van der Waals surface area (Å²) in [6.45, 7) is 13.5. The largest absolute Gasteiger partial charge is 0.355 e. The topological polar surface area (TPSA) is 44.4 Å². The summed E-state index contributed by atoms with van der Waals surface area (Å²) in [5, 5.41) is 6.27. The van der Waals surface area contributed by atoms with E-state index in [9.17, 15) is 4.79 Å². The van der Waals surface area contributed by atoms with E-state index < -0.39 is 0 Å². The number of amides is 1. The van der Waals surface area contributed by atoms with Crippen LogP contribution in [0.4, 0.5) is 0 Å². The number of carbonyl (C=O) groups is 1. The average molecular weight is 271 g/mol. The first-order chi connectivity index (χ1) is 9.15. The molecule has 1 atom stereocenters. The molecule has 19 heavy (non-hydrogen) atoms. The third kappa shape index (κ3) is 9.91. The minimum atomic E-state index is -0.0849. The lowest BCUT2D eigenvalue weighted by molar-refractivity contribution is -0.122. The Balaban J connectivity index is 3.56. The highest BCUT2D eigenvalue weighted by atomic mass is 16.2. The maximum atomic E-state index is 11.8. The van der Waals surface area contributed by atoms with E-state index in [-0.39, 0.29) is 11.9 Å². The van der Waals surface area contributed by atoms with Gasteiger partial charge < -0.3 is 15.5 Å². The minimum Gasteiger partial charge on any atom is -0.355 e. The molecule has 4 heteroatoms. The molecule has 0 aromatic rings. The van der Waals surface area contributed by atoms with E-state index in [4.69, 9.17) is 0 Å². The first-order valence-electron chi connectivity index (χ1n) is 7.89. The van der Waals surface area contributed by atoms with Crippen LogP contribution in [0.25, 0.3) is 0 Å². The van der Waals surface area contributed by atoms with Crippen LogP contribution in [0.15, 0.2) is 0 Å². The molecule has 0 aromatic carbocycles. The number of hydrogen-bond acceptors (Lipinski definition) is 3. The van der Waals surface area contributed by atoms with E-state index in [0.717, 1.165) is 45.6 Å². The second kappa shape index (κ2) is 12.4. The predicted molar refractivity (Wildman–Crippen MR) is 82.4 cm³/mol. The molecule has 114 valence electrons. The fourth-order valence-corrected chi connectivity index (χ4v) is 1.99. The van der Waals surface area contributed by atoms with Gasteiger partial charge in [-0.25, -0.2) is 0 Å². The van der Waals surface area contributed by atoms with Crippen LogP contribution in [0, 0.1) is 0 Å². The lowest BCUT2D eigenvalue weighted by Gasteiger charge is -2.19. The molecule has 0 saturated heterocycles. The molecule has 0 radical (unpaired) electrons. The van der Waals surface area contributed by atoms with Crippen molar-refractivity contribution in [2.24, 2.45) is 0 Å². The van der Waals surface area contributed by atoms with Gasteiger partial charge in [0.1, 0.15) is 0 Å². The molecule has 0 aliphatic carbocycles. The zero-order valence-corrected chi connectivity index (χ0v) is 13.3. The molecule has 1 amide bonds. The monoisotopic (exact) mass is 271 g/mol. The van der Waals surface area contributed by atoms with Gasteiger partial charge in [0, 0.05) is 6.54 Å². The van der Waals surface area contributed by atoms with Crippen molar-refractivity contribution >= 4 is 5.91 Å². The van der Waals surface area contributed by atoms with Crippen LogP contribution < -0.4 is 10.6 Å². The molecule has 2 N–H and O–H groups in total. The van der Waals surface area contributed by atoms with Crippen molar-refractivity contribution in [3.63, 3.8) is 0 Å². The van der Waals surface area contributed by atoms with Crippen molar-refractivity contribution in [2.75, 3.05) is 32.7 Å². The van der Waals surface area contributed by atoms with E-state index in [2.05, 4.69) is 36.3 Å². The van der Waals surface area contributed by atoms with Gasteiger partial charge >= 0.3 is 0 Å². The minimum absolute atomic E-state index is 0.0849. The summed E-state index contributed by atoms with van der Waals surface area (Å²) < 4.78 is 0. The van der Waals surface area contributed by atoms with Crippen molar-refractivity contribution in [1.29, 1.82) is 0 Å². The lowest BCUT2D eigenvalue weighted by atomic mass is 10.2. The summed E-state index contributed by atoms with van der Waals surface area (Å²) in [6.07, 6.45) is 4.55. The highest BCUT2D eigenvalue weighted by Crippen LogP contribution is 1.93. The highest BCUT2D eigenvalue weighted by molar-refractivity contribution is 5.81. The molecule has 0 aromatic heterocycles. The van der Waals surface area contributed by atoms with E-state index in [1.54, 1.807) is 0 Å². The van der Waals surface area contributed by atoms with Crippen LogP contribution in [0.5, 0.6) is 0 Å². The second-order valence-electron chi connectivity index (χ2n) is 5.05. The maximum absolute atomic E-state index is 11.8. The molecule has 0 aliphatic rings. The van der Waals surface area contributed by atoms with Crippen LogP contribution in [0.1, 0.15) is 53.4 Å². The first kappa shape index (κ1) is 18.4. The third-order valence-corrected chi connectivity index (χ3v) is 3.47.